The number of hydrazine groups is 1. The lowest BCUT2D eigenvalue weighted by molar-refractivity contribution is 1.05. The van der Waals surface area contributed by atoms with Crippen molar-refractivity contribution in [1.82, 2.24) is 15.0 Å². The van der Waals surface area contributed by atoms with Gasteiger partial charge in [0.2, 0.25) is 0 Å². The lowest BCUT2D eigenvalue weighted by Crippen LogP contribution is -2.13. The van der Waals surface area contributed by atoms with Crippen LogP contribution in [-0.2, 0) is 11.5 Å². The SMILES string of the molecule is NNc1nc(-c2ccc3ccccc3n2)nc2c1CSC2. The number of hydrogen-bond donors (Lipinski definition) is 2. The summed E-state index contributed by atoms with van der Waals surface area (Å²) in [6.45, 7) is 0. The second-order valence-corrected chi connectivity index (χ2v) is 5.83. The van der Waals surface area contributed by atoms with Crippen LogP contribution >= 0.6 is 11.8 Å². The van der Waals surface area contributed by atoms with E-state index in [1.54, 1.807) is 0 Å². The van der Waals surface area contributed by atoms with Crippen LogP contribution in [0.2, 0.25) is 0 Å². The summed E-state index contributed by atoms with van der Waals surface area (Å²) in [7, 11) is 0. The molecule has 0 saturated heterocycles. The van der Waals surface area contributed by atoms with Crippen LogP contribution in [0.5, 0.6) is 0 Å². The summed E-state index contributed by atoms with van der Waals surface area (Å²) in [5.41, 5.74) is 6.54. The first-order valence-corrected chi connectivity index (χ1v) is 7.81. The Hall–Kier alpha value is -2.18. The van der Waals surface area contributed by atoms with Crippen LogP contribution in [0.3, 0.4) is 0 Å². The van der Waals surface area contributed by atoms with Gasteiger partial charge in [0.1, 0.15) is 11.5 Å². The highest BCUT2D eigenvalue weighted by molar-refractivity contribution is 7.98. The largest absolute Gasteiger partial charge is 0.308 e. The summed E-state index contributed by atoms with van der Waals surface area (Å²) < 4.78 is 0. The number of aromatic nitrogens is 3. The van der Waals surface area contributed by atoms with E-state index >= 15 is 0 Å². The van der Waals surface area contributed by atoms with Crippen molar-refractivity contribution in [2.45, 2.75) is 11.5 Å². The minimum Gasteiger partial charge on any atom is -0.308 e. The number of thioether (sulfide) groups is 1. The zero-order chi connectivity index (χ0) is 14.2. The zero-order valence-corrected chi connectivity index (χ0v) is 12.0. The Morgan fingerprint density at radius 2 is 1.90 bits per heavy atom. The van der Waals surface area contributed by atoms with Gasteiger partial charge < -0.3 is 5.43 Å². The van der Waals surface area contributed by atoms with E-state index in [-0.39, 0.29) is 0 Å². The number of pyridine rings is 1. The second-order valence-electron chi connectivity index (χ2n) is 4.85. The van der Waals surface area contributed by atoms with Gasteiger partial charge in [-0.05, 0) is 12.1 Å². The maximum atomic E-state index is 5.59. The number of nitrogens with one attached hydrogen (secondary N) is 1. The maximum Gasteiger partial charge on any atom is 0.180 e. The molecular weight excluding hydrogens is 282 g/mol. The minimum absolute atomic E-state index is 0.620. The number of nitrogen functional groups attached to an aromatic ring is 1. The molecule has 1 aliphatic rings. The summed E-state index contributed by atoms with van der Waals surface area (Å²) >= 11 is 1.82. The molecule has 0 amide bonds. The molecule has 104 valence electrons. The van der Waals surface area contributed by atoms with Gasteiger partial charge in [-0.2, -0.15) is 11.8 Å². The lowest BCUT2D eigenvalue weighted by Gasteiger charge is -2.09. The predicted molar refractivity (Wildman–Crippen MR) is 85.6 cm³/mol. The van der Waals surface area contributed by atoms with Crippen LogP contribution in [0.4, 0.5) is 5.82 Å². The third-order valence-electron chi connectivity index (χ3n) is 3.54. The molecule has 21 heavy (non-hydrogen) atoms. The summed E-state index contributed by atoms with van der Waals surface area (Å²) in [6.07, 6.45) is 0. The van der Waals surface area contributed by atoms with Crippen LogP contribution in [-0.4, -0.2) is 15.0 Å². The highest BCUT2D eigenvalue weighted by Crippen LogP contribution is 2.33. The van der Waals surface area contributed by atoms with Crippen molar-refractivity contribution in [1.29, 1.82) is 0 Å². The fraction of sp³-hybridized carbons (Fsp3) is 0.133. The van der Waals surface area contributed by atoms with Gasteiger partial charge in [-0.15, -0.1) is 0 Å². The molecule has 0 spiro atoms. The molecule has 1 aromatic carbocycles. The van der Waals surface area contributed by atoms with Gasteiger partial charge in [0.25, 0.3) is 0 Å². The monoisotopic (exact) mass is 295 g/mol. The molecular formula is C15H13N5S. The van der Waals surface area contributed by atoms with Gasteiger partial charge in [-0.25, -0.2) is 20.8 Å². The van der Waals surface area contributed by atoms with Crippen molar-refractivity contribution in [3.63, 3.8) is 0 Å². The summed E-state index contributed by atoms with van der Waals surface area (Å²) in [5, 5.41) is 1.11. The molecule has 0 unspecified atom stereocenters. The number of anilines is 1. The van der Waals surface area contributed by atoms with Gasteiger partial charge in [-0.3, -0.25) is 0 Å². The van der Waals surface area contributed by atoms with E-state index in [1.165, 1.54) is 0 Å². The Balaban J connectivity index is 1.88. The number of hydrogen-bond acceptors (Lipinski definition) is 6. The number of rotatable bonds is 2. The van der Waals surface area contributed by atoms with Crippen molar-refractivity contribution in [2.75, 3.05) is 5.43 Å². The van der Waals surface area contributed by atoms with Gasteiger partial charge in [0, 0.05) is 22.5 Å². The van der Waals surface area contributed by atoms with E-state index in [2.05, 4.69) is 20.4 Å². The van der Waals surface area contributed by atoms with E-state index in [9.17, 15) is 0 Å². The van der Waals surface area contributed by atoms with E-state index in [0.717, 1.165) is 39.4 Å². The number of nitrogens with zero attached hydrogens (tertiary/aromatic N) is 3. The highest BCUT2D eigenvalue weighted by atomic mass is 32.2. The molecule has 3 heterocycles. The quantitative estimate of drug-likeness (QED) is 0.559. The van der Waals surface area contributed by atoms with Gasteiger partial charge >= 0.3 is 0 Å². The molecule has 6 heteroatoms. The Morgan fingerprint density at radius 1 is 1.00 bits per heavy atom. The molecule has 2 aromatic heterocycles. The molecule has 0 fully saturated rings. The zero-order valence-electron chi connectivity index (χ0n) is 11.2. The fourth-order valence-electron chi connectivity index (χ4n) is 2.48. The van der Waals surface area contributed by atoms with Crippen molar-refractivity contribution >= 4 is 28.5 Å². The number of benzene rings is 1. The van der Waals surface area contributed by atoms with Crippen molar-refractivity contribution < 1.29 is 0 Å². The van der Waals surface area contributed by atoms with E-state index in [0.29, 0.717) is 11.6 Å². The standard InChI is InChI=1S/C15H13N5S/c16-20-14-10-7-21-8-13(10)18-15(19-14)12-6-5-9-3-1-2-4-11(9)17-12/h1-6H,7-8,16H2,(H,18,19,20). The summed E-state index contributed by atoms with van der Waals surface area (Å²) in [4.78, 5) is 13.8. The Morgan fingerprint density at radius 3 is 2.81 bits per heavy atom. The van der Waals surface area contributed by atoms with Gasteiger partial charge in [0.15, 0.2) is 5.82 Å². The van der Waals surface area contributed by atoms with Crippen molar-refractivity contribution in [3.05, 3.63) is 47.7 Å². The first kappa shape index (κ1) is 12.6. The average Bonchev–Trinajstić information content (AvgIpc) is 3.02. The van der Waals surface area contributed by atoms with Gasteiger partial charge in [0.05, 0.1) is 11.2 Å². The highest BCUT2D eigenvalue weighted by Gasteiger charge is 2.20. The predicted octanol–water partition coefficient (Wildman–Crippen LogP) is 2.72. The van der Waals surface area contributed by atoms with Gasteiger partial charge in [-0.1, -0.05) is 24.3 Å². The van der Waals surface area contributed by atoms with Crippen LogP contribution in [0.15, 0.2) is 36.4 Å². The molecule has 0 saturated carbocycles. The molecule has 1 aliphatic heterocycles. The molecule has 0 atom stereocenters. The van der Waals surface area contributed by atoms with Crippen LogP contribution in [0, 0.1) is 0 Å². The van der Waals surface area contributed by atoms with Crippen LogP contribution < -0.4 is 11.3 Å². The van der Waals surface area contributed by atoms with E-state index < -0.39 is 0 Å². The molecule has 0 bridgehead atoms. The molecule has 4 rings (SSSR count). The average molecular weight is 295 g/mol. The molecule has 3 aromatic rings. The fourth-order valence-corrected chi connectivity index (χ4v) is 3.52. The molecule has 5 nitrogen and oxygen atoms in total. The topological polar surface area (TPSA) is 76.7 Å². The second kappa shape index (κ2) is 4.98. The van der Waals surface area contributed by atoms with Crippen LogP contribution in [0.25, 0.3) is 22.4 Å². The Bertz CT molecular complexity index is 833. The Labute approximate surface area is 126 Å². The minimum atomic E-state index is 0.620. The van der Waals surface area contributed by atoms with Crippen LogP contribution in [0.1, 0.15) is 11.3 Å². The number of fused-ring (bicyclic) bond motifs is 2. The third-order valence-corrected chi connectivity index (χ3v) is 4.51. The first-order chi connectivity index (χ1) is 10.3. The van der Waals surface area contributed by atoms with E-state index in [1.807, 2.05) is 48.2 Å². The number of nitrogens with two attached hydrogens (primary N) is 1. The third kappa shape index (κ3) is 2.12. The molecule has 0 aliphatic carbocycles. The summed E-state index contributed by atoms with van der Waals surface area (Å²) in [6, 6.07) is 12.0. The molecule has 3 N–H and O–H groups in total. The van der Waals surface area contributed by atoms with Crippen molar-refractivity contribution in [3.8, 4) is 11.5 Å². The van der Waals surface area contributed by atoms with E-state index in [4.69, 9.17) is 5.84 Å². The Kier molecular flexibility index (Phi) is 2.98. The number of para-hydroxylation sites is 1. The smallest absolute Gasteiger partial charge is 0.180 e. The maximum absolute atomic E-state index is 5.59. The normalized spacial score (nSPS) is 13.4. The first-order valence-electron chi connectivity index (χ1n) is 6.65. The van der Waals surface area contributed by atoms with Crippen molar-refractivity contribution in [2.24, 2.45) is 5.84 Å². The molecule has 0 radical (unpaired) electrons. The summed E-state index contributed by atoms with van der Waals surface area (Å²) in [5.74, 6) is 8.71. The lowest BCUT2D eigenvalue weighted by atomic mass is 10.2.